The Labute approximate surface area is 410 Å². The first-order valence-corrected chi connectivity index (χ1v) is 25.3. The summed E-state index contributed by atoms with van der Waals surface area (Å²) in [4.78, 5) is 67.8. The standard InChI is InChI=1S/C52H69N13O5/c1-6-47(67)57-39-25-36(9-10-40(39)61-19-18-60(30-33(61)2)37-12-16-59(17-13-37)38-11-14-54-45(26-38)62-22-23-70-32-34(62)3)56-50-48(49(53)68)55-29-46(58-50)64-15-7-8-41(44(64)31-66)65-21-20-63-42(51(65)69)24-35-27-52(4,5)28-43(35)63/h6,9-11,14,24-26,29,33-34,37,41,44,66H,1,7-8,12-13,15-23,27-28,30-32H2,2-5H3,(H2,53,68)(H,56,58)(H,57,67)/t33-,34-,41?,44?/m0/s1. The van der Waals surface area contributed by atoms with Crippen LogP contribution in [0.15, 0.2) is 61.4 Å². The number of amides is 3. The molecule has 70 heavy (non-hydrogen) atoms. The molecule has 0 bridgehead atoms. The second kappa shape index (κ2) is 19.5. The minimum Gasteiger partial charge on any atom is -0.394 e. The predicted molar refractivity (Wildman–Crippen MR) is 272 cm³/mol. The maximum Gasteiger partial charge on any atom is 0.271 e. The molecule has 8 heterocycles. The Balaban J connectivity index is 0.822. The van der Waals surface area contributed by atoms with Gasteiger partial charge in [0.05, 0.1) is 55.5 Å². The third kappa shape index (κ3) is 9.28. The molecule has 1 aromatic carbocycles. The zero-order valence-electron chi connectivity index (χ0n) is 41.1. The molecular formula is C52H69N13O5. The summed E-state index contributed by atoms with van der Waals surface area (Å²) in [6, 6.07) is 12.4. The highest BCUT2D eigenvalue weighted by Crippen LogP contribution is 2.41. The zero-order chi connectivity index (χ0) is 48.8. The number of nitrogens with zero attached hydrogens (tertiary/aromatic N) is 10. The van der Waals surface area contributed by atoms with E-state index < -0.39 is 11.9 Å². The first-order valence-electron chi connectivity index (χ1n) is 25.3. The molecule has 4 fully saturated rings. The van der Waals surface area contributed by atoms with Crippen LogP contribution in [0.25, 0.3) is 0 Å². The maximum atomic E-state index is 14.2. The predicted octanol–water partition coefficient (Wildman–Crippen LogP) is 4.66. The van der Waals surface area contributed by atoms with E-state index >= 15 is 0 Å². The Morgan fingerprint density at radius 2 is 1.73 bits per heavy atom. The van der Waals surface area contributed by atoms with Crippen LogP contribution < -0.4 is 36.0 Å². The Kier molecular flexibility index (Phi) is 13.2. The number of aliphatic hydroxyl groups excluding tert-OH is 1. The van der Waals surface area contributed by atoms with Crippen molar-refractivity contribution < 1.29 is 24.2 Å². The minimum atomic E-state index is -0.756. The van der Waals surface area contributed by atoms with E-state index in [9.17, 15) is 19.5 Å². The number of fused-ring (bicyclic) bond motifs is 3. The van der Waals surface area contributed by atoms with Crippen LogP contribution in [0.1, 0.15) is 85.6 Å². The van der Waals surface area contributed by atoms with Crippen LogP contribution in [-0.2, 0) is 28.9 Å². The summed E-state index contributed by atoms with van der Waals surface area (Å²) in [6.45, 7) is 21.1. The van der Waals surface area contributed by atoms with Crippen LogP contribution in [0, 0.1) is 5.41 Å². The molecule has 1 aliphatic carbocycles. The molecule has 4 saturated heterocycles. The van der Waals surface area contributed by atoms with Gasteiger partial charge in [0, 0.05) is 100 Å². The third-order valence-corrected chi connectivity index (χ3v) is 15.7. The van der Waals surface area contributed by atoms with Crippen LogP contribution >= 0.6 is 0 Å². The second-order valence-corrected chi connectivity index (χ2v) is 20.9. The van der Waals surface area contributed by atoms with Gasteiger partial charge in [-0.1, -0.05) is 20.4 Å². The number of piperazine rings is 1. The van der Waals surface area contributed by atoms with Gasteiger partial charge in [-0.05, 0) is 99.8 Å². The molecule has 10 rings (SSSR count). The number of nitrogens with two attached hydrogens (primary N) is 1. The normalized spacial score (nSPS) is 24.1. The number of carbonyl (C=O) groups excluding carboxylic acids is 3. The number of pyridine rings is 1. The first-order chi connectivity index (χ1) is 33.8. The highest BCUT2D eigenvalue weighted by atomic mass is 16.5. The van der Waals surface area contributed by atoms with Crippen molar-refractivity contribution in [2.45, 2.75) is 103 Å². The van der Waals surface area contributed by atoms with Gasteiger partial charge in [0.15, 0.2) is 11.5 Å². The van der Waals surface area contributed by atoms with Gasteiger partial charge in [0.25, 0.3) is 11.8 Å². The summed E-state index contributed by atoms with van der Waals surface area (Å²) in [5, 5.41) is 17.3. The van der Waals surface area contributed by atoms with Crippen molar-refractivity contribution in [2.24, 2.45) is 11.1 Å². The molecule has 3 aromatic heterocycles. The van der Waals surface area contributed by atoms with Crippen LogP contribution in [0.2, 0.25) is 0 Å². The molecule has 0 saturated carbocycles. The lowest BCUT2D eigenvalue weighted by Gasteiger charge is -2.47. The average molecular weight is 956 g/mol. The molecule has 18 nitrogen and oxygen atoms in total. The van der Waals surface area contributed by atoms with Crippen LogP contribution in [0.3, 0.4) is 0 Å². The number of carbonyl (C=O) groups is 3. The van der Waals surface area contributed by atoms with E-state index in [0.29, 0.717) is 42.4 Å². The molecule has 5 N–H and O–H groups in total. The van der Waals surface area contributed by atoms with E-state index in [1.54, 1.807) is 0 Å². The SMILES string of the molecule is C=CC(=O)Nc1cc(Nc2nc(N3CCCC(N4CCn5c(cc6c5CC(C)(C)C6)C4=O)C3CO)cnc2C(N)=O)ccc1N1CCN(C2CCN(c3ccnc(N4CCOC[C@@H]4C)c3)CC2)C[C@@H]1C. The summed E-state index contributed by atoms with van der Waals surface area (Å²) < 4.78 is 7.87. The Morgan fingerprint density at radius 1 is 0.914 bits per heavy atom. The number of hydrogen-bond donors (Lipinski definition) is 4. The molecular weight excluding hydrogens is 887 g/mol. The smallest absolute Gasteiger partial charge is 0.271 e. The van der Waals surface area contributed by atoms with Crippen molar-refractivity contribution in [1.29, 1.82) is 0 Å². The molecule has 372 valence electrons. The van der Waals surface area contributed by atoms with E-state index in [-0.39, 0.29) is 47.4 Å². The number of hydrogen-bond acceptors (Lipinski definition) is 14. The van der Waals surface area contributed by atoms with E-state index in [1.165, 1.54) is 29.2 Å². The fraction of sp³-hybridized carbons (Fsp3) is 0.538. The number of morpholine rings is 1. The number of rotatable bonds is 12. The van der Waals surface area contributed by atoms with Crippen molar-refractivity contribution in [3.63, 3.8) is 0 Å². The number of ether oxygens (including phenoxy) is 1. The highest BCUT2D eigenvalue weighted by Gasteiger charge is 2.43. The topological polar surface area (TPSA) is 194 Å². The molecule has 0 radical (unpaired) electrons. The second-order valence-electron chi connectivity index (χ2n) is 20.9. The van der Waals surface area contributed by atoms with Crippen LogP contribution in [0.5, 0.6) is 0 Å². The van der Waals surface area contributed by atoms with E-state index in [0.717, 1.165) is 115 Å². The molecule has 4 aromatic rings. The van der Waals surface area contributed by atoms with Gasteiger partial charge in [-0.3, -0.25) is 19.3 Å². The Hall–Kier alpha value is -6.24. The summed E-state index contributed by atoms with van der Waals surface area (Å²) in [7, 11) is 0. The largest absolute Gasteiger partial charge is 0.394 e. The fourth-order valence-corrected chi connectivity index (χ4v) is 12.2. The van der Waals surface area contributed by atoms with Gasteiger partial charge < -0.3 is 55.3 Å². The molecule has 6 aliphatic rings. The molecule has 5 aliphatic heterocycles. The molecule has 4 atom stereocenters. The van der Waals surface area contributed by atoms with Crippen molar-refractivity contribution in [2.75, 3.05) is 102 Å². The summed E-state index contributed by atoms with van der Waals surface area (Å²) in [6.07, 6.45) is 10.3. The van der Waals surface area contributed by atoms with Crippen LogP contribution in [-0.4, -0.2) is 155 Å². The third-order valence-electron chi connectivity index (χ3n) is 15.7. The number of benzene rings is 1. The number of aromatic nitrogens is 4. The van der Waals surface area contributed by atoms with Gasteiger partial charge in [-0.15, -0.1) is 0 Å². The van der Waals surface area contributed by atoms with E-state index in [1.807, 2.05) is 34.2 Å². The summed E-state index contributed by atoms with van der Waals surface area (Å²) in [5.41, 5.74) is 12.5. The lowest BCUT2D eigenvalue weighted by atomic mass is 9.90. The zero-order valence-corrected chi connectivity index (χ0v) is 41.1. The van der Waals surface area contributed by atoms with E-state index in [4.69, 9.17) is 20.4 Å². The summed E-state index contributed by atoms with van der Waals surface area (Å²) in [5.74, 6) is 0.497. The molecule has 18 heteroatoms. The monoisotopic (exact) mass is 956 g/mol. The minimum absolute atomic E-state index is 0.00764. The van der Waals surface area contributed by atoms with Crippen molar-refractivity contribution in [3.05, 3.63) is 84.1 Å². The van der Waals surface area contributed by atoms with Crippen molar-refractivity contribution >= 4 is 57.9 Å². The summed E-state index contributed by atoms with van der Waals surface area (Å²) >= 11 is 0. The Bertz CT molecular complexity index is 2630. The van der Waals surface area contributed by atoms with Crippen molar-refractivity contribution in [1.82, 2.24) is 29.3 Å². The number of aliphatic hydroxyl groups is 1. The van der Waals surface area contributed by atoms with Gasteiger partial charge in [-0.2, -0.15) is 0 Å². The number of anilines is 7. The fourth-order valence-electron chi connectivity index (χ4n) is 12.2. The average Bonchev–Trinajstić information content (AvgIpc) is 3.86. The number of primary amides is 1. The van der Waals surface area contributed by atoms with E-state index in [2.05, 4.69) is 92.3 Å². The Morgan fingerprint density at radius 3 is 2.49 bits per heavy atom. The molecule has 0 spiro atoms. The van der Waals surface area contributed by atoms with Gasteiger partial charge >= 0.3 is 0 Å². The van der Waals surface area contributed by atoms with Crippen LogP contribution in [0.4, 0.5) is 40.2 Å². The lowest BCUT2D eigenvalue weighted by molar-refractivity contribution is -0.111. The number of nitrogens with one attached hydrogen (secondary N) is 2. The van der Waals surface area contributed by atoms with Crippen molar-refractivity contribution in [3.8, 4) is 0 Å². The van der Waals surface area contributed by atoms with Gasteiger partial charge in [0.2, 0.25) is 5.91 Å². The highest BCUT2D eigenvalue weighted by molar-refractivity contribution is 6.02. The van der Waals surface area contributed by atoms with Gasteiger partial charge in [-0.25, -0.2) is 15.0 Å². The van der Waals surface area contributed by atoms with Gasteiger partial charge in [0.1, 0.15) is 17.3 Å². The molecule has 2 unspecified atom stereocenters. The molecule has 3 amide bonds. The first kappa shape index (κ1) is 47.4. The number of piperidine rings is 2. The lowest BCUT2D eigenvalue weighted by Crippen LogP contribution is -2.60. The quantitative estimate of drug-likeness (QED) is 0.143. The maximum absolute atomic E-state index is 14.2.